The number of nitrogens with zero attached hydrogens (tertiary/aromatic N) is 5. The predicted molar refractivity (Wildman–Crippen MR) is 115 cm³/mol. The molecule has 0 saturated carbocycles. The molecule has 2 aliphatic heterocycles. The Labute approximate surface area is 177 Å². The van der Waals surface area contributed by atoms with E-state index in [1.807, 2.05) is 13.0 Å². The number of aliphatic imine (C=N–C) groups is 1. The quantitative estimate of drug-likeness (QED) is 0.723. The molecule has 0 aliphatic carbocycles. The van der Waals surface area contributed by atoms with E-state index in [0.29, 0.717) is 6.54 Å². The Morgan fingerprint density at radius 1 is 1.42 bits per heavy atom. The van der Waals surface area contributed by atoms with Crippen molar-refractivity contribution in [2.45, 2.75) is 32.5 Å². The Kier molecular flexibility index (Phi) is 5.64. The molecular formula is C21H23F2N7O. The molecule has 162 valence electrons. The fraction of sp³-hybridized carbons (Fsp3) is 0.333. The van der Waals surface area contributed by atoms with E-state index in [-0.39, 0.29) is 12.0 Å². The van der Waals surface area contributed by atoms with Gasteiger partial charge in [0.15, 0.2) is 5.82 Å². The largest absolute Gasteiger partial charge is 0.404 e. The summed E-state index contributed by atoms with van der Waals surface area (Å²) in [6.45, 7) is 3.22. The fourth-order valence-electron chi connectivity index (χ4n) is 3.91. The van der Waals surface area contributed by atoms with Crippen LogP contribution in [-0.2, 0) is 13.0 Å². The molecule has 2 aromatic rings. The number of hydrogen-bond donors (Lipinski definition) is 2. The molecule has 10 heteroatoms. The Bertz CT molecular complexity index is 1150. The van der Waals surface area contributed by atoms with Crippen molar-refractivity contribution < 1.29 is 8.78 Å². The molecule has 0 spiro atoms. The van der Waals surface area contributed by atoms with Crippen molar-refractivity contribution in [1.82, 2.24) is 19.5 Å². The molecule has 8 nitrogen and oxygen atoms in total. The van der Waals surface area contributed by atoms with Crippen molar-refractivity contribution in [3.05, 3.63) is 68.8 Å². The van der Waals surface area contributed by atoms with Crippen molar-refractivity contribution in [2.24, 2.45) is 10.7 Å². The van der Waals surface area contributed by atoms with E-state index < -0.39 is 17.7 Å². The third kappa shape index (κ3) is 3.98. The summed E-state index contributed by atoms with van der Waals surface area (Å²) in [5.74, 6) is 0.175. The molecule has 4 rings (SSSR count). The highest BCUT2D eigenvalue weighted by molar-refractivity contribution is 6.09. The Hall–Kier alpha value is -3.40. The minimum absolute atomic E-state index is 0.175. The van der Waals surface area contributed by atoms with Crippen LogP contribution in [-0.4, -0.2) is 45.5 Å². The monoisotopic (exact) mass is 427 g/mol. The number of allylic oxidation sites excluding steroid dienone is 1. The third-order valence-electron chi connectivity index (χ3n) is 5.44. The van der Waals surface area contributed by atoms with Gasteiger partial charge in [-0.05, 0) is 30.2 Å². The topological polar surface area (TPSA) is 101 Å². The molecule has 0 aromatic carbocycles. The van der Waals surface area contributed by atoms with Crippen molar-refractivity contribution in [3.8, 4) is 0 Å². The van der Waals surface area contributed by atoms with Crippen LogP contribution in [0.3, 0.4) is 0 Å². The number of halogens is 2. The maximum atomic E-state index is 13.0. The van der Waals surface area contributed by atoms with Gasteiger partial charge >= 0.3 is 0 Å². The molecule has 0 bridgehead atoms. The van der Waals surface area contributed by atoms with Gasteiger partial charge in [-0.15, -0.1) is 0 Å². The molecule has 1 unspecified atom stereocenters. The Morgan fingerprint density at radius 2 is 2.23 bits per heavy atom. The first-order valence-corrected chi connectivity index (χ1v) is 9.84. The predicted octanol–water partition coefficient (Wildman–Crippen LogP) is 1.92. The minimum atomic E-state index is -2.80. The molecule has 2 aliphatic rings. The van der Waals surface area contributed by atoms with Gasteiger partial charge in [0.2, 0.25) is 0 Å². The zero-order valence-corrected chi connectivity index (χ0v) is 17.2. The highest BCUT2D eigenvalue weighted by Crippen LogP contribution is 2.26. The first-order valence-electron chi connectivity index (χ1n) is 9.84. The molecule has 0 fully saturated rings. The number of aromatic nitrogens is 3. The minimum Gasteiger partial charge on any atom is -0.404 e. The lowest BCUT2D eigenvalue weighted by atomic mass is 9.99. The average Bonchev–Trinajstić information content (AvgIpc) is 2.76. The summed E-state index contributed by atoms with van der Waals surface area (Å²) in [6, 6.07) is 2.91. The summed E-state index contributed by atoms with van der Waals surface area (Å²) in [5, 5.41) is 0. The highest BCUT2D eigenvalue weighted by atomic mass is 19.3. The van der Waals surface area contributed by atoms with E-state index in [9.17, 15) is 13.6 Å². The zero-order chi connectivity index (χ0) is 22.1. The van der Waals surface area contributed by atoms with Crippen molar-refractivity contribution >= 4 is 17.9 Å². The molecule has 0 radical (unpaired) electrons. The maximum Gasteiger partial charge on any atom is 0.280 e. The normalized spacial score (nSPS) is 19.2. The van der Waals surface area contributed by atoms with E-state index in [4.69, 9.17) is 5.73 Å². The maximum absolute atomic E-state index is 13.0. The summed E-state index contributed by atoms with van der Waals surface area (Å²) < 4.78 is 27.2. The zero-order valence-electron chi connectivity index (χ0n) is 17.2. The number of nitrogens with two attached hydrogens (primary N) is 1. The van der Waals surface area contributed by atoms with Gasteiger partial charge in [0.1, 0.15) is 11.9 Å². The summed E-state index contributed by atoms with van der Waals surface area (Å²) in [7, 11) is 1.68. The second-order valence-corrected chi connectivity index (χ2v) is 7.49. The van der Waals surface area contributed by atoms with E-state index in [1.165, 1.54) is 10.9 Å². The SMILES string of the molecule is CN=C/C(=C\N)c1cnc2c(c1)CN(C1Nn3c(nc(C(F)F)cc3=O)C=C1C)CC2. The average molecular weight is 427 g/mol. The second kappa shape index (κ2) is 8.38. The Morgan fingerprint density at radius 3 is 2.94 bits per heavy atom. The molecule has 1 atom stereocenters. The number of hydrogen-bond acceptors (Lipinski definition) is 7. The Balaban J connectivity index is 1.62. The van der Waals surface area contributed by atoms with Crippen LogP contribution in [0.4, 0.5) is 8.78 Å². The second-order valence-electron chi connectivity index (χ2n) is 7.49. The van der Waals surface area contributed by atoms with Crippen LogP contribution in [0.25, 0.3) is 11.6 Å². The van der Waals surface area contributed by atoms with Crippen LogP contribution in [0.15, 0.2) is 39.9 Å². The van der Waals surface area contributed by atoms with E-state index in [1.54, 1.807) is 25.5 Å². The van der Waals surface area contributed by atoms with Gasteiger partial charge < -0.3 is 5.73 Å². The van der Waals surface area contributed by atoms with Crippen LogP contribution >= 0.6 is 0 Å². The summed E-state index contributed by atoms with van der Waals surface area (Å²) in [6.07, 6.45) is 4.32. The van der Waals surface area contributed by atoms with Gasteiger partial charge in [-0.3, -0.25) is 25.1 Å². The summed E-state index contributed by atoms with van der Waals surface area (Å²) in [4.78, 5) is 27.1. The van der Waals surface area contributed by atoms with Crippen molar-refractivity contribution in [2.75, 3.05) is 19.0 Å². The van der Waals surface area contributed by atoms with Crippen LogP contribution in [0.5, 0.6) is 0 Å². The summed E-state index contributed by atoms with van der Waals surface area (Å²) in [5.41, 5.74) is 12.4. The molecule has 2 aromatic heterocycles. The van der Waals surface area contributed by atoms with Gasteiger partial charge in [0.05, 0.1) is 0 Å². The van der Waals surface area contributed by atoms with Crippen molar-refractivity contribution in [1.29, 1.82) is 0 Å². The number of alkyl halides is 2. The van der Waals surface area contributed by atoms with E-state index in [0.717, 1.165) is 47.0 Å². The smallest absolute Gasteiger partial charge is 0.280 e. The number of fused-ring (bicyclic) bond motifs is 2. The molecule has 0 amide bonds. The number of pyridine rings is 1. The van der Waals surface area contributed by atoms with Crippen LogP contribution in [0.2, 0.25) is 0 Å². The lowest BCUT2D eigenvalue weighted by molar-refractivity contribution is 0.145. The van der Waals surface area contributed by atoms with Gasteiger partial charge in [-0.1, -0.05) is 0 Å². The van der Waals surface area contributed by atoms with Crippen LogP contribution in [0, 0.1) is 0 Å². The number of rotatable bonds is 4. The molecule has 31 heavy (non-hydrogen) atoms. The lowest BCUT2D eigenvalue weighted by Crippen LogP contribution is -2.51. The molecule has 0 saturated heterocycles. The van der Waals surface area contributed by atoms with Gasteiger partial charge in [0, 0.05) is 68.1 Å². The van der Waals surface area contributed by atoms with Crippen molar-refractivity contribution in [3.63, 3.8) is 0 Å². The standard InChI is InChI=1S/C21H23F2N7O/c1-12-5-18-27-17(20(22)23)7-19(31)30(18)28-21(12)29-4-3-16-14(11-29)6-13(10-26-16)15(8-24)9-25-2/h5-10,20-21,28H,3-4,11,24H2,1-2H3/b15-8+,25-9?. The van der Waals surface area contributed by atoms with Gasteiger partial charge in [-0.2, -0.15) is 0 Å². The first kappa shape index (κ1) is 20.9. The lowest BCUT2D eigenvalue weighted by Gasteiger charge is -2.38. The highest BCUT2D eigenvalue weighted by Gasteiger charge is 2.29. The number of nitrogens with one attached hydrogen (secondary N) is 1. The van der Waals surface area contributed by atoms with E-state index >= 15 is 0 Å². The van der Waals surface area contributed by atoms with E-state index in [2.05, 4.69) is 25.3 Å². The van der Waals surface area contributed by atoms with Crippen LogP contribution in [0.1, 0.15) is 41.7 Å². The fourth-order valence-corrected chi connectivity index (χ4v) is 3.91. The summed E-state index contributed by atoms with van der Waals surface area (Å²) >= 11 is 0. The first-order chi connectivity index (χ1) is 14.9. The molecule has 4 heterocycles. The molecule has 3 N–H and O–H groups in total. The van der Waals surface area contributed by atoms with Gasteiger partial charge in [0.25, 0.3) is 12.0 Å². The van der Waals surface area contributed by atoms with Crippen LogP contribution < -0.4 is 16.7 Å². The van der Waals surface area contributed by atoms with Gasteiger partial charge in [-0.25, -0.2) is 18.4 Å². The third-order valence-corrected chi connectivity index (χ3v) is 5.44. The molecular weight excluding hydrogens is 404 g/mol.